The molecule has 1 aromatic heterocycles. The summed E-state index contributed by atoms with van der Waals surface area (Å²) in [6.45, 7) is 0.930. The van der Waals surface area contributed by atoms with Gasteiger partial charge in [-0.3, -0.25) is 5.10 Å². The predicted octanol–water partition coefficient (Wildman–Crippen LogP) is 2.43. The number of nitrogens with zero attached hydrogens (tertiary/aromatic N) is 2. The molecule has 1 saturated carbocycles. The Bertz CT molecular complexity index is 571. The number of hydrogen-bond donors (Lipinski definition) is 2. The molecule has 1 aliphatic carbocycles. The number of nitrogens with one attached hydrogen (secondary N) is 2. The van der Waals surface area contributed by atoms with Crippen molar-refractivity contribution in [1.82, 2.24) is 15.2 Å². The molecule has 1 aliphatic heterocycles. The molecule has 2 aromatic rings. The van der Waals surface area contributed by atoms with Gasteiger partial charge in [0, 0.05) is 24.1 Å². The van der Waals surface area contributed by atoms with Crippen LogP contribution in [0.1, 0.15) is 41.9 Å². The lowest BCUT2D eigenvalue weighted by Gasteiger charge is -2.24. The summed E-state index contributed by atoms with van der Waals surface area (Å²) in [4.78, 5) is 4.66. The molecule has 92 valence electrons. The van der Waals surface area contributed by atoms with Crippen molar-refractivity contribution in [2.45, 2.75) is 31.1 Å². The summed E-state index contributed by atoms with van der Waals surface area (Å²) in [6.07, 6.45) is 3.56. The van der Waals surface area contributed by atoms with Crippen LogP contribution in [0.4, 0.5) is 5.69 Å². The fourth-order valence-corrected chi connectivity index (χ4v) is 2.63. The molecule has 4 nitrogen and oxygen atoms in total. The Morgan fingerprint density at radius 1 is 1.11 bits per heavy atom. The zero-order valence-corrected chi connectivity index (χ0v) is 10.2. The van der Waals surface area contributed by atoms with E-state index in [1.807, 2.05) is 0 Å². The van der Waals surface area contributed by atoms with E-state index in [9.17, 15) is 0 Å². The van der Waals surface area contributed by atoms with E-state index in [0.29, 0.717) is 11.8 Å². The first-order valence-corrected chi connectivity index (χ1v) is 6.64. The van der Waals surface area contributed by atoms with Gasteiger partial charge >= 0.3 is 0 Å². The standard InChI is InChI=1S/C14H16N4/c1-2-4-12-10(3-1)7-11(8-15-12)14-16-13(17-18-14)9-5-6-9/h1-4,9,11,15H,5-8H2,(H,16,17,18). The highest BCUT2D eigenvalue weighted by Gasteiger charge is 2.29. The van der Waals surface area contributed by atoms with Crippen LogP contribution in [0.3, 0.4) is 0 Å². The fraction of sp³-hybridized carbons (Fsp3) is 0.429. The Hall–Kier alpha value is -1.84. The van der Waals surface area contributed by atoms with Crippen LogP contribution in [0.5, 0.6) is 0 Å². The lowest BCUT2D eigenvalue weighted by atomic mass is 9.93. The van der Waals surface area contributed by atoms with Gasteiger partial charge in [-0.05, 0) is 30.9 Å². The normalized spacial score (nSPS) is 22.3. The predicted molar refractivity (Wildman–Crippen MR) is 69.7 cm³/mol. The van der Waals surface area contributed by atoms with E-state index in [4.69, 9.17) is 0 Å². The third-order valence-corrected chi connectivity index (χ3v) is 3.87. The molecule has 0 spiro atoms. The van der Waals surface area contributed by atoms with Gasteiger partial charge in [0.25, 0.3) is 0 Å². The van der Waals surface area contributed by atoms with E-state index >= 15 is 0 Å². The van der Waals surface area contributed by atoms with Gasteiger partial charge in [-0.1, -0.05) is 18.2 Å². The number of rotatable bonds is 2. The summed E-state index contributed by atoms with van der Waals surface area (Å²) >= 11 is 0. The minimum absolute atomic E-state index is 0.392. The number of aromatic nitrogens is 3. The largest absolute Gasteiger partial charge is 0.384 e. The Morgan fingerprint density at radius 2 is 2.00 bits per heavy atom. The van der Waals surface area contributed by atoms with Crippen molar-refractivity contribution >= 4 is 5.69 Å². The molecule has 1 unspecified atom stereocenters. The molecule has 1 aromatic carbocycles. The van der Waals surface area contributed by atoms with Crippen molar-refractivity contribution in [1.29, 1.82) is 0 Å². The maximum atomic E-state index is 4.66. The second kappa shape index (κ2) is 3.83. The summed E-state index contributed by atoms with van der Waals surface area (Å²) in [7, 11) is 0. The molecule has 0 saturated heterocycles. The average Bonchev–Trinajstić information content (AvgIpc) is 3.16. The maximum Gasteiger partial charge on any atom is 0.155 e. The van der Waals surface area contributed by atoms with Gasteiger partial charge in [-0.25, -0.2) is 4.98 Å². The van der Waals surface area contributed by atoms with Gasteiger partial charge in [-0.15, -0.1) is 0 Å². The molecule has 4 heteroatoms. The van der Waals surface area contributed by atoms with Crippen LogP contribution in [0.2, 0.25) is 0 Å². The average molecular weight is 240 g/mol. The molecule has 18 heavy (non-hydrogen) atoms. The van der Waals surface area contributed by atoms with E-state index in [1.165, 1.54) is 24.1 Å². The number of hydrogen-bond acceptors (Lipinski definition) is 3. The molecule has 0 radical (unpaired) electrons. The summed E-state index contributed by atoms with van der Waals surface area (Å²) in [6, 6.07) is 8.49. The second-order valence-electron chi connectivity index (χ2n) is 5.29. The van der Waals surface area contributed by atoms with Crippen LogP contribution in [-0.2, 0) is 6.42 Å². The maximum absolute atomic E-state index is 4.66. The topological polar surface area (TPSA) is 53.6 Å². The highest BCUT2D eigenvalue weighted by atomic mass is 15.2. The van der Waals surface area contributed by atoms with Crippen molar-refractivity contribution < 1.29 is 0 Å². The summed E-state index contributed by atoms with van der Waals surface area (Å²) in [5, 5.41) is 11.0. The number of para-hydroxylation sites is 1. The van der Waals surface area contributed by atoms with E-state index in [1.54, 1.807) is 0 Å². The van der Waals surface area contributed by atoms with Crippen molar-refractivity contribution in [2.24, 2.45) is 0 Å². The molecule has 4 rings (SSSR count). The molecule has 1 atom stereocenters. The minimum atomic E-state index is 0.392. The van der Waals surface area contributed by atoms with Crippen LogP contribution in [0, 0.1) is 0 Å². The molecule has 2 aliphatic rings. The van der Waals surface area contributed by atoms with Crippen LogP contribution < -0.4 is 5.32 Å². The molecule has 2 N–H and O–H groups in total. The molecular weight excluding hydrogens is 224 g/mol. The van der Waals surface area contributed by atoms with Gasteiger partial charge in [-0.2, -0.15) is 5.10 Å². The van der Waals surface area contributed by atoms with Gasteiger partial charge in [0.15, 0.2) is 5.82 Å². The molecule has 0 bridgehead atoms. The number of H-pyrrole nitrogens is 1. The third-order valence-electron chi connectivity index (χ3n) is 3.87. The summed E-state index contributed by atoms with van der Waals surface area (Å²) in [5.74, 6) is 3.10. The smallest absolute Gasteiger partial charge is 0.155 e. The molecule has 0 amide bonds. The van der Waals surface area contributed by atoms with E-state index in [0.717, 1.165) is 24.6 Å². The van der Waals surface area contributed by atoms with Gasteiger partial charge in [0.05, 0.1) is 0 Å². The first-order valence-electron chi connectivity index (χ1n) is 6.64. The zero-order valence-electron chi connectivity index (χ0n) is 10.2. The van der Waals surface area contributed by atoms with E-state index in [2.05, 4.69) is 44.8 Å². The van der Waals surface area contributed by atoms with Crippen molar-refractivity contribution in [2.75, 3.05) is 11.9 Å². The number of fused-ring (bicyclic) bond motifs is 1. The lowest BCUT2D eigenvalue weighted by molar-refractivity contribution is 0.651. The minimum Gasteiger partial charge on any atom is -0.384 e. The van der Waals surface area contributed by atoms with E-state index < -0.39 is 0 Å². The van der Waals surface area contributed by atoms with Crippen molar-refractivity contribution in [3.05, 3.63) is 41.5 Å². The van der Waals surface area contributed by atoms with Crippen molar-refractivity contribution in [3.63, 3.8) is 0 Å². The SMILES string of the molecule is c1ccc2c(c1)CC(c1n[nH]c(C3CC3)n1)CN2. The first-order chi connectivity index (χ1) is 8.90. The quantitative estimate of drug-likeness (QED) is 0.847. The Morgan fingerprint density at radius 3 is 2.89 bits per heavy atom. The van der Waals surface area contributed by atoms with Crippen LogP contribution >= 0.6 is 0 Å². The highest BCUT2D eigenvalue weighted by molar-refractivity contribution is 5.53. The van der Waals surface area contributed by atoms with Crippen LogP contribution in [-0.4, -0.2) is 21.7 Å². The Labute approximate surface area is 106 Å². The number of anilines is 1. The highest BCUT2D eigenvalue weighted by Crippen LogP contribution is 2.38. The second-order valence-corrected chi connectivity index (χ2v) is 5.29. The van der Waals surface area contributed by atoms with Gasteiger partial charge in [0.1, 0.15) is 5.82 Å². The molecule has 2 heterocycles. The fourth-order valence-electron chi connectivity index (χ4n) is 2.63. The third kappa shape index (κ3) is 1.68. The molecule has 1 fully saturated rings. The lowest BCUT2D eigenvalue weighted by Crippen LogP contribution is -2.22. The summed E-state index contributed by atoms with van der Waals surface area (Å²) in [5.41, 5.74) is 2.62. The zero-order chi connectivity index (χ0) is 11.9. The summed E-state index contributed by atoms with van der Waals surface area (Å²) < 4.78 is 0. The van der Waals surface area contributed by atoms with Crippen LogP contribution in [0.25, 0.3) is 0 Å². The van der Waals surface area contributed by atoms with Crippen LogP contribution in [0.15, 0.2) is 24.3 Å². The first kappa shape index (κ1) is 10.1. The Balaban J connectivity index is 1.59. The van der Waals surface area contributed by atoms with Crippen molar-refractivity contribution in [3.8, 4) is 0 Å². The number of benzene rings is 1. The van der Waals surface area contributed by atoms with Gasteiger partial charge < -0.3 is 5.32 Å². The monoisotopic (exact) mass is 240 g/mol. The van der Waals surface area contributed by atoms with E-state index in [-0.39, 0.29) is 0 Å². The Kier molecular flexibility index (Phi) is 2.15. The molecular formula is C14H16N4. The van der Waals surface area contributed by atoms with Gasteiger partial charge in [0.2, 0.25) is 0 Å². The number of aromatic amines is 1.